The smallest absolute Gasteiger partial charge is 0.165 e. The van der Waals surface area contributed by atoms with E-state index < -0.39 is 0 Å². The number of hydrogen-bond acceptors (Lipinski definition) is 3. The Morgan fingerprint density at radius 1 is 1.22 bits per heavy atom. The molecular formula is C13H19ClN4. The van der Waals surface area contributed by atoms with Gasteiger partial charge in [0, 0.05) is 12.0 Å². The largest absolute Gasteiger partial charge is 0.266 e. The summed E-state index contributed by atoms with van der Waals surface area (Å²) in [5.74, 6) is 2.33. The third kappa shape index (κ3) is 2.48. The molecule has 0 saturated carbocycles. The molecule has 0 N–H and O–H groups in total. The van der Waals surface area contributed by atoms with Crippen molar-refractivity contribution in [3.05, 3.63) is 22.9 Å². The molecule has 0 unspecified atom stereocenters. The molecule has 0 saturated heterocycles. The highest BCUT2D eigenvalue weighted by atomic mass is 35.5. The van der Waals surface area contributed by atoms with Crippen LogP contribution in [0.4, 0.5) is 0 Å². The van der Waals surface area contributed by atoms with E-state index in [1.165, 1.54) is 0 Å². The second-order valence-electron chi connectivity index (χ2n) is 4.65. The molecular weight excluding hydrogens is 248 g/mol. The summed E-state index contributed by atoms with van der Waals surface area (Å²) < 4.78 is 2.03. The van der Waals surface area contributed by atoms with E-state index in [0.717, 1.165) is 43.0 Å². The van der Waals surface area contributed by atoms with Crippen molar-refractivity contribution in [2.45, 2.75) is 52.4 Å². The van der Waals surface area contributed by atoms with Gasteiger partial charge in [0.05, 0.1) is 0 Å². The van der Waals surface area contributed by atoms with Crippen LogP contribution in [-0.4, -0.2) is 19.6 Å². The second-order valence-corrected chi connectivity index (χ2v) is 5.04. The molecule has 0 aliphatic carbocycles. The highest BCUT2D eigenvalue weighted by molar-refractivity contribution is 6.29. The Bertz CT molecular complexity index is 529. The van der Waals surface area contributed by atoms with E-state index in [0.29, 0.717) is 11.1 Å². The van der Waals surface area contributed by atoms with Crippen LogP contribution in [0.15, 0.2) is 6.07 Å². The minimum atomic E-state index is 0.455. The van der Waals surface area contributed by atoms with Crippen molar-refractivity contribution in [3.8, 4) is 0 Å². The monoisotopic (exact) mass is 266 g/mol. The Balaban J connectivity index is 2.49. The molecule has 0 radical (unpaired) electrons. The summed E-state index contributed by atoms with van der Waals surface area (Å²) in [6, 6.07) is 1.76. The first-order chi connectivity index (χ1) is 8.67. The molecule has 18 heavy (non-hydrogen) atoms. The lowest BCUT2D eigenvalue weighted by Gasteiger charge is -2.14. The maximum Gasteiger partial charge on any atom is 0.165 e. The van der Waals surface area contributed by atoms with Gasteiger partial charge in [-0.3, -0.25) is 4.40 Å². The summed E-state index contributed by atoms with van der Waals surface area (Å²) in [4.78, 5) is 4.29. The first kappa shape index (κ1) is 13.3. The van der Waals surface area contributed by atoms with Gasteiger partial charge in [0.25, 0.3) is 0 Å². The summed E-state index contributed by atoms with van der Waals surface area (Å²) in [6.07, 6.45) is 4.58. The van der Waals surface area contributed by atoms with Crippen molar-refractivity contribution in [2.75, 3.05) is 0 Å². The molecule has 2 aromatic rings. The quantitative estimate of drug-likeness (QED) is 0.774. The van der Waals surface area contributed by atoms with Gasteiger partial charge >= 0.3 is 0 Å². The van der Waals surface area contributed by atoms with E-state index in [4.69, 9.17) is 11.6 Å². The van der Waals surface area contributed by atoms with Crippen LogP contribution in [0.2, 0.25) is 5.15 Å². The lowest BCUT2D eigenvalue weighted by Crippen LogP contribution is -2.07. The van der Waals surface area contributed by atoms with Crippen molar-refractivity contribution >= 4 is 17.2 Å². The fourth-order valence-corrected chi connectivity index (χ4v) is 2.66. The highest BCUT2D eigenvalue weighted by Gasteiger charge is 2.18. The Morgan fingerprint density at radius 3 is 2.50 bits per heavy atom. The molecule has 0 spiro atoms. The van der Waals surface area contributed by atoms with Crippen LogP contribution in [0.3, 0.4) is 0 Å². The van der Waals surface area contributed by atoms with Crippen molar-refractivity contribution < 1.29 is 0 Å². The molecule has 2 heterocycles. The molecule has 0 bridgehead atoms. The summed E-state index contributed by atoms with van der Waals surface area (Å²) in [6.45, 7) is 6.35. The molecule has 5 heteroatoms. The molecule has 0 aliphatic rings. The summed E-state index contributed by atoms with van der Waals surface area (Å²) in [7, 11) is 0. The summed E-state index contributed by atoms with van der Waals surface area (Å²) >= 11 is 5.94. The van der Waals surface area contributed by atoms with E-state index >= 15 is 0 Å². The predicted octanol–water partition coefficient (Wildman–Crippen LogP) is 3.77. The average molecular weight is 267 g/mol. The molecule has 0 fully saturated rings. The summed E-state index contributed by atoms with van der Waals surface area (Å²) in [5, 5.41) is 9.04. The second kappa shape index (κ2) is 5.65. The van der Waals surface area contributed by atoms with E-state index in [2.05, 4.69) is 29.0 Å². The lowest BCUT2D eigenvalue weighted by atomic mass is 9.97. The van der Waals surface area contributed by atoms with Gasteiger partial charge in [-0.15, -0.1) is 10.2 Å². The number of hydrogen-bond donors (Lipinski definition) is 0. The maximum atomic E-state index is 5.94. The minimum absolute atomic E-state index is 0.455. The van der Waals surface area contributed by atoms with Crippen molar-refractivity contribution in [1.29, 1.82) is 0 Å². The zero-order valence-corrected chi connectivity index (χ0v) is 11.9. The minimum Gasteiger partial charge on any atom is -0.266 e. The molecule has 0 atom stereocenters. The third-order valence-electron chi connectivity index (χ3n) is 3.19. The molecule has 0 amide bonds. The predicted molar refractivity (Wildman–Crippen MR) is 73.1 cm³/mol. The van der Waals surface area contributed by atoms with Gasteiger partial charge in [0.2, 0.25) is 0 Å². The molecule has 2 aromatic heterocycles. The molecule has 0 aromatic carbocycles. The number of aryl methyl sites for hydroxylation is 1. The first-order valence-electron chi connectivity index (χ1n) is 6.55. The maximum absolute atomic E-state index is 5.94. The third-order valence-corrected chi connectivity index (χ3v) is 3.39. The van der Waals surface area contributed by atoms with Gasteiger partial charge in [0.1, 0.15) is 16.8 Å². The number of halogens is 1. The van der Waals surface area contributed by atoms with E-state index in [-0.39, 0.29) is 0 Å². The lowest BCUT2D eigenvalue weighted by molar-refractivity contribution is 0.527. The Morgan fingerprint density at radius 2 is 1.89 bits per heavy atom. The molecule has 4 nitrogen and oxygen atoms in total. The van der Waals surface area contributed by atoms with Gasteiger partial charge in [-0.2, -0.15) is 0 Å². The number of nitrogens with zero attached hydrogens (tertiary/aromatic N) is 4. The van der Waals surface area contributed by atoms with Crippen molar-refractivity contribution in [2.24, 2.45) is 0 Å². The van der Waals surface area contributed by atoms with Crippen LogP contribution in [0, 0.1) is 6.92 Å². The first-order valence-corrected chi connectivity index (χ1v) is 6.93. The Labute approximate surface area is 112 Å². The zero-order chi connectivity index (χ0) is 13.1. The molecule has 0 aliphatic heterocycles. The standard InChI is InChI=1S/C13H19ClN4/c1-4-6-10(7-5-2)13-17-16-12-8-11(14)15-9(3)18(12)13/h8,10H,4-7H2,1-3H3. The normalized spacial score (nSPS) is 11.6. The number of aromatic nitrogens is 4. The zero-order valence-electron chi connectivity index (χ0n) is 11.1. The number of fused-ring (bicyclic) bond motifs is 1. The van der Waals surface area contributed by atoms with Gasteiger partial charge in [-0.1, -0.05) is 38.3 Å². The fourth-order valence-electron chi connectivity index (χ4n) is 2.44. The Kier molecular flexibility index (Phi) is 4.17. The Hall–Kier alpha value is -1.16. The fraction of sp³-hybridized carbons (Fsp3) is 0.615. The van der Waals surface area contributed by atoms with Crippen molar-refractivity contribution in [3.63, 3.8) is 0 Å². The molecule has 2 rings (SSSR count). The van der Waals surface area contributed by atoms with Crippen LogP contribution < -0.4 is 0 Å². The van der Waals surface area contributed by atoms with E-state index in [1.54, 1.807) is 6.07 Å². The topological polar surface area (TPSA) is 43.1 Å². The van der Waals surface area contributed by atoms with Gasteiger partial charge < -0.3 is 0 Å². The van der Waals surface area contributed by atoms with Crippen molar-refractivity contribution in [1.82, 2.24) is 19.6 Å². The van der Waals surface area contributed by atoms with Gasteiger partial charge in [0.15, 0.2) is 5.65 Å². The van der Waals surface area contributed by atoms with Crippen LogP contribution in [-0.2, 0) is 0 Å². The average Bonchev–Trinajstić information content (AvgIpc) is 2.72. The molecule has 98 valence electrons. The number of rotatable bonds is 5. The highest BCUT2D eigenvalue weighted by Crippen LogP contribution is 2.26. The van der Waals surface area contributed by atoms with Gasteiger partial charge in [-0.25, -0.2) is 4.98 Å². The van der Waals surface area contributed by atoms with E-state index in [1.807, 2.05) is 11.3 Å². The van der Waals surface area contributed by atoms with Crippen LogP contribution in [0.25, 0.3) is 5.65 Å². The van der Waals surface area contributed by atoms with Crippen LogP contribution in [0.5, 0.6) is 0 Å². The van der Waals surface area contributed by atoms with Crippen LogP contribution in [0.1, 0.15) is 57.1 Å². The SMILES string of the molecule is CCCC(CCC)c1nnc2cc(Cl)nc(C)n12. The van der Waals surface area contributed by atoms with Crippen LogP contribution >= 0.6 is 11.6 Å². The summed E-state index contributed by atoms with van der Waals surface area (Å²) in [5.41, 5.74) is 0.791. The van der Waals surface area contributed by atoms with E-state index in [9.17, 15) is 0 Å². The van der Waals surface area contributed by atoms with Gasteiger partial charge in [-0.05, 0) is 19.8 Å².